The number of nitrogens with zero attached hydrogens (tertiary/aromatic N) is 4. The van der Waals surface area contributed by atoms with Gasteiger partial charge in [-0.25, -0.2) is 0 Å². The van der Waals surface area contributed by atoms with Gasteiger partial charge in [-0.2, -0.15) is 4.68 Å². The Kier molecular flexibility index (Phi) is 6.03. The summed E-state index contributed by atoms with van der Waals surface area (Å²) in [4.78, 5) is 12.5. The van der Waals surface area contributed by atoms with Gasteiger partial charge in [0.15, 0.2) is 0 Å². The Bertz CT molecular complexity index is 932. The van der Waals surface area contributed by atoms with E-state index < -0.39 is 5.25 Å². The number of hydrogen-bond donors (Lipinski definition) is 1. The highest BCUT2D eigenvalue weighted by Crippen LogP contribution is 2.31. The lowest BCUT2D eigenvalue weighted by atomic mass is 10.3. The van der Waals surface area contributed by atoms with Crippen LogP contribution in [0.4, 0.5) is 5.69 Å². The average Bonchev–Trinajstić information content (AvgIpc) is 3.07. The van der Waals surface area contributed by atoms with Crippen LogP contribution in [0.15, 0.2) is 47.6 Å². The monoisotopic (exact) mass is 427 g/mol. The van der Waals surface area contributed by atoms with Gasteiger partial charge in [0.2, 0.25) is 11.1 Å². The molecule has 0 saturated heterocycles. The van der Waals surface area contributed by atoms with Crippen LogP contribution in [0, 0.1) is 0 Å². The minimum atomic E-state index is -0.470. The van der Waals surface area contributed by atoms with Crippen molar-refractivity contribution in [2.75, 3.05) is 5.32 Å². The molecule has 0 radical (unpaired) electrons. The lowest BCUT2D eigenvalue weighted by Crippen LogP contribution is -2.23. The first-order valence-corrected chi connectivity index (χ1v) is 9.43. The number of aromatic nitrogens is 4. The van der Waals surface area contributed by atoms with E-state index in [2.05, 4.69) is 20.8 Å². The van der Waals surface area contributed by atoms with Crippen molar-refractivity contribution in [3.05, 3.63) is 57.5 Å². The van der Waals surface area contributed by atoms with Crippen molar-refractivity contribution in [1.29, 1.82) is 0 Å². The van der Waals surface area contributed by atoms with Crippen LogP contribution in [-0.2, 0) is 4.79 Å². The molecule has 134 valence electrons. The number of carbonyl (C=O) groups excluding carboxylic acids is 1. The first kappa shape index (κ1) is 19.0. The molecule has 0 spiro atoms. The Morgan fingerprint density at radius 3 is 2.62 bits per heavy atom. The molecule has 0 fully saturated rings. The molecule has 0 saturated carbocycles. The Morgan fingerprint density at radius 1 is 1.15 bits per heavy atom. The second kappa shape index (κ2) is 8.26. The lowest BCUT2D eigenvalue weighted by molar-refractivity contribution is -0.115. The van der Waals surface area contributed by atoms with Crippen molar-refractivity contribution in [2.24, 2.45) is 0 Å². The Labute approximate surface area is 168 Å². The zero-order valence-electron chi connectivity index (χ0n) is 13.4. The maximum atomic E-state index is 12.5. The summed E-state index contributed by atoms with van der Waals surface area (Å²) >= 11 is 19.2. The van der Waals surface area contributed by atoms with Gasteiger partial charge < -0.3 is 5.32 Å². The largest absolute Gasteiger partial charge is 0.324 e. The van der Waals surface area contributed by atoms with Crippen LogP contribution >= 0.6 is 46.6 Å². The average molecular weight is 429 g/mol. The van der Waals surface area contributed by atoms with Gasteiger partial charge in [0.25, 0.3) is 0 Å². The number of rotatable bonds is 5. The molecular formula is C16H12Cl3N5OS. The highest BCUT2D eigenvalue weighted by atomic mass is 35.5. The number of carbonyl (C=O) groups is 1. The molecule has 0 aliphatic rings. The Morgan fingerprint density at radius 2 is 1.88 bits per heavy atom. The summed E-state index contributed by atoms with van der Waals surface area (Å²) in [6, 6.07) is 12.1. The molecule has 0 aliphatic heterocycles. The van der Waals surface area contributed by atoms with Crippen molar-refractivity contribution in [3.8, 4) is 5.69 Å². The molecular weight excluding hydrogens is 417 g/mol. The molecule has 26 heavy (non-hydrogen) atoms. The third-order valence-electron chi connectivity index (χ3n) is 3.37. The quantitative estimate of drug-likeness (QED) is 0.594. The number of hydrogen-bond acceptors (Lipinski definition) is 5. The van der Waals surface area contributed by atoms with E-state index in [1.54, 1.807) is 49.4 Å². The summed E-state index contributed by atoms with van der Waals surface area (Å²) in [6.45, 7) is 1.75. The van der Waals surface area contributed by atoms with Crippen molar-refractivity contribution >= 4 is 58.2 Å². The number of tetrazole rings is 1. The molecule has 0 bridgehead atoms. The van der Waals surface area contributed by atoms with Gasteiger partial charge in [0.05, 0.1) is 26.7 Å². The van der Waals surface area contributed by atoms with Crippen LogP contribution in [0.1, 0.15) is 6.92 Å². The Hall–Kier alpha value is -1.80. The normalized spacial score (nSPS) is 12.0. The number of thioether (sulfide) groups is 1. The molecule has 1 N–H and O–H groups in total. The summed E-state index contributed by atoms with van der Waals surface area (Å²) < 4.78 is 1.54. The van der Waals surface area contributed by atoms with Gasteiger partial charge in [-0.3, -0.25) is 4.79 Å². The summed E-state index contributed by atoms with van der Waals surface area (Å²) in [7, 11) is 0. The predicted octanol–water partition coefficient (Wildman–Crippen LogP) is 4.74. The fourth-order valence-electron chi connectivity index (χ4n) is 2.04. The van der Waals surface area contributed by atoms with Crippen LogP contribution in [0.25, 0.3) is 5.69 Å². The fourth-order valence-corrected chi connectivity index (χ4v) is 3.32. The van der Waals surface area contributed by atoms with E-state index in [1.165, 1.54) is 16.4 Å². The second-order valence-corrected chi connectivity index (χ2v) is 7.73. The summed E-state index contributed by atoms with van der Waals surface area (Å²) in [6.07, 6.45) is 0. The lowest BCUT2D eigenvalue weighted by Gasteiger charge is -2.13. The second-order valence-electron chi connectivity index (χ2n) is 5.20. The molecule has 10 heteroatoms. The first-order valence-electron chi connectivity index (χ1n) is 7.41. The molecule has 2 aromatic carbocycles. The number of anilines is 1. The number of amides is 1. The highest BCUT2D eigenvalue weighted by Gasteiger charge is 2.20. The van der Waals surface area contributed by atoms with E-state index in [1.807, 2.05) is 0 Å². The maximum Gasteiger partial charge on any atom is 0.237 e. The standard InChI is InChI=1S/C16H12Cl3N5OS/c1-9(15(25)20-13-4-2-3-12(18)14(13)19)26-16-21-22-23-24(16)11-7-5-10(17)6-8-11/h2-9H,1H3,(H,20,25). The van der Waals surface area contributed by atoms with Crippen LogP contribution in [0.5, 0.6) is 0 Å². The van der Waals surface area contributed by atoms with Crippen LogP contribution < -0.4 is 5.32 Å². The third kappa shape index (κ3) is 4.29. The van der Waals surface area contributed by atoms with E-state index in [9.17, 15) is 4.79 Å². The van der Waals surface area contributed by atoms with Gasteiger partial charge in [-0.05, 0) is 53.7 Å². The Balaban J connectivity index is 1.73. The van der Waals surface area contributed by atoms with Gasteiger partial charge >= 0.3 is 0 Å². The molecule has 1 heterocycles. The molecule has 0 aliphatic carbocycles. The van der Waals surface area contributed by atoms with Crippen molar-refractivity contribution in [3.63, 3.8) is 0 Å². The van der Waals surface area contributed by atoms with Gasteiger partial charge in [-0.15, -0.1) is 5.10 Å². The molecule has 1 aromatic heterocycles. The highest BCUT2D eigenvalue weighted by molar-refractivity contribution is 8.00. The third-order valence-corrected chi connectivity index (χ3v) is 5.48. The van der Waals surface area contributed by atoms with Crippen LogP contribution in [0.3, 0.4) is 0 Å². The molecule has 3 rings (SSSR count). The molecule has 1 unspecified atom stereocenters. The van der Waals surface area contributed by atoms with E-state index in [-0.39, 0.29) is 5.91 Å². The minimum absolute atomic E-state index is 0.246. The number of benzene rings is 2. The summed E-state index contributed by atoms with van der Waals surface area (Å²) in [5.41, 5.74) is 1.20. The SMILES string of the molecule is CC(Sc1nnnn1-c1ccc(Cl)cc1)C(=O)Nc1cccc(Cl)c1Cl. The molecule has 3 aromatic rings. The van der Waals surface area contributed by atoms with Gasteiger partial charge in [-0.1, -0.05) is 52.6 Å². The molecule has 1 amide bonds. The van der Waals surface area contributed by atoms with Gasteiger partial charge in [0.1, 0.15) is 0 Å². The first-order chi connectivity index (χ1) is 12.5. The number of halogens is 3. The van der Waals surface area contributed by atoms with Crippen LogP contribution in [0.2, 0.25) is 15.1 Å². The zero-order valence-corrected chi connectivity index (χ0v) is 16.4. The van der Waals surface area contributed by atoms with E-state index >= 15 is 0 Å². The fraction of sp³-hybridized carbons (Fsp3) is 0.125. The van der Waals surface area contributed by atoms with E-state index in [0.717, 1.165) is 5.69 Å². The smallest absolute Gasteiger partial charge is 0.237 e. The van der Waals surface area contributed by atoms with E-state index in [4.69, 9.17) is 34.8 Å². The molecule has 1 atom stereocenters. The topological polar surface area (TPSA) is 72.7 Å². The van der Waals surface area contributed by atoms with Crippen molar-refractivity contribution in [2.45, 2.75) is 17.3 Å². The minimum Gasteiger partial charge on any atom is -0.324 e. The maximum absolute atomic E-state index is 12.5. The van der Waals surface area contributed by atoms with Crippen molar-refractivity contribution in [1.82, 2.24) is 20.2 Å². The predicted molar refractivity (Wildman–Crippen MR) is 105 cm³/mol. The summed E-state index contributed by atoms with van der Waals surface area (Å²) in [5, 5.41) is 15.7. The van der Waals surface area contributed by atoms with E-state index in [0.29, 0.717) is 25.9 Å². The van der Waals surface area contributed by atoms with Gasteiger partial charge in [0, 0.05) is 5.02 Å². The molecule has 6 nitrogen and oxygen atoms in total. The zero-order chi connectivity index (χ0) is 18.7. The summed E-state index contributed by atoms with van der Waals surface area (Å²) in [5.74, 6) is -0.246. The van der Waals surface area contributed by atoms with Crippen LogP contribution in [-0.4, -0.2) is 31.4 Å². The van der Waals surface area contributed by atoms with Crippen molar-refractivity contribution < 1.29 is 4.79 Å². The number of nitrogens with one attached hydrogen (secondary N) is 1.